The number of benzene rings is 3. The molecule has 0 spiro atoms. The van der Waals surface area contributed by atoms with E-state index in [1.807, 2.05) is 60.8 Å². The molecule has 6 nitrogen and oxygen atoms in total. The first-order valence-corrected chi connectivity index (χ1v) is 12.0. The van der Waals surface area contributed by atoms with Crippen LogP contribution in [0.1, 0.15) is 5.56 Å². The maximum absolute atomic E-state index is 13.4. The van der Waals surface area contributed by atoms with E-state index in [9.17, 15) is 9.18 Å². The minimum absolute atomic E-state index is 0.0176. The zero-order chi connectivity index (χ0) is 24.2. The van der Waals surface area contributed by atoms with Crippen molar-refractivity contribution in [3.8, 4) is 16.9 Å². The fourth-order valence-corrected chi connectivity index (χ4v) is 4.69. The van der Waals surface area contributed by atoms with Gasteiger partial charge < -0.3 is 4.90 Å². The number of aromatic nitrogens is 4. The molecule has 1 amide bonds. The monoisotopic (exact) mass is 483 g/mol. The second-order valence-corrected chi connectivity index (χ2v) is 9.04. The lowest BCUT2D eigenvalue weighted by molar-refractivity contribution is -0.127. The van der Waals surface area contributed by atoms with Crippen LogP contribution < -0.4 is 0 Å². The summed E-state index contributed by atoms with van der Waals surface area (Å²) in [6, 6.07) is 23.8. The van der Waals surface area contributed by atoms with E-state index in [0.29, 0.717) is 17.3 Å². The molecule has 0 fully saturated rings. The predicted octanol–water partition coefficient (Wildman–Crippen LogP) is 5.37. The Balaban J connectivity index is 1.28. The topological polar surface area (TPSA) is 63.9 Å². The summed E-state index contributed by atoms with van der Waals surface area (Å²) in [4.78, 5) is 14.5. The summed E-state index contributed by atoms with van der Waals surface area (Å²) in [5.41, 5.74) is 3.39. The first-order chi connectivity index (χ1) is 17.1. The molecule has 0 aliphatic rings. The van der Waals surface area contributed by atoms with Crippen LogP contribution in [0.2, 0.25) is 0 Å². The number of amides is 1. The SMILES string of the molecule is CN(Cc1cnn(-c2ccccc2)c1)C(=O)CSc1nnc(-c2ccc(F)cc2)c2ccccc12. The van der Waals surface area contributed by atoms with Crippen molar-refractivity contribution in [2.24, 2.45) is 0 Å². The Morgan fingerprint density at radius 2 is 1.66 bits per heavy atom. The largest absolute Gasteiger partial charge is 0.341 e. The Labute approximate surface area is 206 Å². The molecule has 0 bridgehead atoms. The van der Waals surface area contributed by atoms with Crippen molar-refractivity contribution in [2.45, 2.75) is 11.6 Å². The van der Waals surface area contributed by atoms with Crippen LogP contribution in [0.15, 0.2) is 96.3 Å². The van der Waals surface area contributed by atoms with E-state index in [4.69, 9.17) is 0 Å². The van der Waals surface area contributed by atoms with Crippen LogP contribution in [0.4, 0.5) is 4.39 Å². The molecule has 0 unspecified atom stereocenters. The van der Waals surface area contributed by atoms with Crippen molar-refractivity contribution in [2.75, 3.05) is 12.8 Å². The van der Waals surface area contributed by atoms with Gasteiger partial charge in [-0.05, 0) is 36.4 Å². The summed E-state index contributed by atoms with van der Waals surface area (Å²) >= 11 is 1.36. The smallest absolute Gasteiger partial charge is 0.233 e. The number of nitrogens with zero attached hydrogens (tertiary/aromatic N) is 5. The van der Waals surface area contributed by atoms with E-state index in [1.54, 1.807) is 35.0 Å². The average molecular weight is 484 g/mol. The van der Waals surface area contributed by atoms with E-state index >= 15 is 0 Å². The molecule has 0 N–H and O–H groups in total. The van der Waals surface area contributed by atoms with Gasteiger partial charge in [0.15, 0.2) is 0 Å². The molecule has 0 saturated carbocycles. The molecule has 3 aromatic carbocycles. The minimum atomic E-state index is -0.298. The Morgan fingerprint density at radius 3 is 2.43 bits per heavy atom. The van der Waals surface area contributed by atoms with Crippen molar-refractivity contribution < 1.29 is 9.18 Å². The molecule has 0 atom stereocenters. The molecule has 0 radical (unpaired) electrons. The van der Waals surface area contributed by atoms with Gasteiger partial charge in [0.05, 0.1) is 17.6 Å². The molecule has 35 heavy (non-hydrogen) atoms. The molecule has 174 valence electrons. The van der Waals surface area contributed by atoms with Gasteiger partial charge in [0.2, 0.25) is 5.91 Å². The van der Waals surface area contributed by atoms with Crippen molar-refractivity contribution in [3.63, 3.8) is 0 Å². The minimum Gasteiger partial charge on any atom is -0.341 e. The number of para-hydroxylation sites is 1. The number of halogens is 1. The zero-order valence-corrected chi connectivity index (χ0v) is 19.8. The van der Waals surface area contributed by atoms with Crippen LogP contribution in [0, 0.1) is 5.82 Å². The summed E-state index contributed by atoms with van der Waals surface area (Å²) < 4.78 is 15.2. The van der Waals surface area contributed by atoms with Crippen LogP contribution in [0.3, 0.4) is 0 Å². The van der Waals surface area contributed by atoms with Gasteiger partial charge in [0, 0.05) is 41.7 Å². The van der Waals surface area contributed by atoms with Gasteiger partial charge >= 0.3 is 0 Å². The van der Waals surface area contributed by atoms with E-state index in [0.717, 1.165) is 27.6 Å². The number of carbonyl (C=O) groups excluding carboxylic acids is 1. The lowest BCUT2D eigenvalue weighted by Crippen LogP contribution is -2.27. The Bertz CT molecular complexity index is 1470. The molecule has 5 rings (SSSR count). The van der Waals surface area contributed by atoms with Gasteiger partial charge in [-0.1, -0.05) is 54.2 Å². The van der Waals surface area contributed by atoms with Gasteiger partial charge in [-0.2, -0.15) is 5.10 Å². The van der Waals surface area contributed by atoms with Gasteiger partial charge in [0.1, 0.15) is 16.5 Å². The van der Waals surface area contributed by atoms with Crippen molar-refractivity contribution >= 4 is 28.4 Å². The highest BCUT2D eigenvalue weighted by molar-refractivity contribution is 8.00. The number of carbonyl (C=O) groups is 1. The highest BCUT2D eigenvalue weighted by atomic mass is 32.2. The molecule has 0 aliphatic heterocycles. The highest BCUT2D eigenvalue weighted by Gasteiger charge is 2.15. The van der Waals surface area contributed by atoms with Crippen LogP contribution in [-0.2, 0) is 11.3 Å². The molecular formula is C27H22FN5OS. The fourth-order valence-electron chi connectivity index (χ4n) is 3.77. The van der Waals surface area contributed by atoms with E-state index in [-0.39, 0.29) is 17.5 Å². The molecule has 2 heterocycles. The van der Waals surface area contributed by atoms with Gasteiger partial charge in [-0.15, -0.1) is 10.2 Å². The van der Waals surface area contributed by atoms with E-state index < -0.39 is 0 Å². The van der Waals surface area contributed by atoms with Crippen LogP contribution in [0.25, 0.3) is 27.7 Å². The quantitative estimate of drug-likeness (QED) is 0.291. The second kappa shape index (κ2) is 10.1. The van der Waals surface area contributed by atoms with Gasteiger partial charge in [-0.3, -0.25) is 4.79 Å². The summed E-state index contributed by atoms with van der Waals surface area (Å²) in [5.74, 6) is -0.0815. The molecule has 2 aromatic heterocycles. The number of rotatable bonds is 7. The Morgan fingerprint density at radius 1 is 0.943 bits per heavy atom. The van der Waals surface area contributed by atoms with Crippen molar-refractivity contribution in [1.29, 1.82) is 0 Å². The van der Waals surface area contributed by atoms with Gasteiger partial charge in [0.25, 0.3) is 0 Å². The summed E-state index contributed by atoms with van der Waals surface area (Å²) in [5, 5.41) is 15.7. The molecule has 0 saturated heterocycles. The second-order valence-electron chi connectivity index (χ2n) is 8.07. The molecule has 5 aromatic rings. The zero-order valence-electron chi connectivity index (χ0n) is 19.0. The third kappa shape index (κ3) is 5.07. The van der Waals surface area contributed by atoms with E-state index in [2.05, 4.69) is 15.3 Å². The van der Waals surface area contributed by atoms with Crippen molar-refractivity contribution in [3.05, 3.63) is 103 Å². The highest BCUT2D eigenvalue weighted by Crippen LogP contribution is 2.31. The number of fused-ring (bicyclic) bond motifs is 1. The first-order valence-electron chi connectivity index (χ1n) is 11.1. The summed E-state index contributed by atoms with van der Waals surface area (Å²) in [6.07, 6.45) is 3.70. The average Bonchev–Trinajstić information content (AvgIpc) is 3.36. The lowest BCUT2D eigenvalue weighted by Gasteiger charge is -2.16. The third-order valence-electron chi connectivity index (χ3n) is 5.61. The maximum Gasteiger partial charge on any atom is 0.233 e. The van der Waals surface area contributed by atoms with Gasteiger partial charge in [-0.25, -0.2) is 9.07 Å². The van der Waals surface area contributed by atoms with Crippen molar-refractivity contribution in [1.82, 2.24) is 24.9 Å². The maximum atomic E-state index is 13.4. The third-order valence-corrected chi connectivity index (χ3v) is 6.57. The fraction of sp³-hybridized carbons (Fsp3) is 0.111. The van der Waals surface area contributed by atoms with Crippen LogP contribution >= 0.6 is 11.8 Å². The normalized spacial score (nSPS) is 11.0. The van der Waals surface area contributed by atoms with Crippen LogP contribution in [-0.4, -0.2) is 43.6 Å². The summed E-state index contributed by atoms with van der Waals surface area (Å²) in [7, 11) is 1.78. The lowest BCUT2D eigenvalue weighted by atomic mass is 10.1. The summed E-state index contributed by atoms with van der Waals surface area (Å²) in [6.45, 7) is 0.460. The number of hydrogen-bond donors (Lipinski definition) is 0. The first kappa shape index (κ1) is 22.7. The Kier molecular flexibility index (Phi) is 6.54. The number of hydrogen-bond acceptors (Lipinski definition) is 5. The predicted molar refractivity (Wildman–Crippen MR) is 136 cm³/mol. The van der Waals surface area contributed by atoms with E-state index in [1.165, 1.54) is 23.9 Å². The molecule has 8 heteroatoms. The standard InChI is InChI=1S/C27H22FN5OS/c1-32(16-19-15-29-33(17-19)22-7-3-2-4-8-22)25(34)18-35-27-24-10-6-5-9-23(24)26(30-31-27)20-11-13-21(28)14-12-20/h2-15,17H,16,18H2,1H3. The molecular weight excluding hydrogens is 461 g/mol. The number of thioether (sulfide) groups is 1. The Hall–Kier alpha value is -4.04. The van der Waals surface area contributed by atoms with Crippen LogP contribution in [0.5, 0.6) is 0 Å². The molecule has 0 aliphatic carbocycles.